The molecule has 5 heteroatoms. The molecule has 0 fully saturated rings. The number of carbonyl (C=O) groups excluding carboxylic acids is 2. The van der Waals surface area contributed by atoms with E-state index in [2.05, 4.69) is 11.4 Å². The lowest BCUT2D eigenvalue weighted by molar-refractivity contribution is -0.118. The van der Waals surface area contributed by atoms with Crippen LogP contribution in [0.2, 0.25) is 0 Å². The Morgan fingerprint density at radius 1 is 1.25 bits per heavy atom. The van der Waals surface area contributed by atoms with E-state index >= 15 is 0 Å². The van der Waals surface area contributed by atoms with E-state index in [1.54, 1.807) is 20.8 Å². The average molecular weight is 282 g/mol. The van der Waals surface area contributed by atoms with Gasteiger partial charge < -0.3 is 10.1 Å². The highest BCUT2D eigenvalue weighted by Crippen LogP contribution is 2.09. The van der Waals surface area contributed by atoms with Crippen LogP contribution in [-0.4, -0.2) is 23.5 Å². The predicted molar refractivity (Wildman–Crippen MR) is 77.2 cm³/mol. The second-order valence-electron chi connectivity index (χ2n) is 5.82. The Bertz CT molecular complexity index is 353. The maximum atomic E-state index is 11.5. The zero-order valence-electron chi connectivity index (χ0n) is 13.0. The van der Waals surface area contributed by atoms with Gasteiger partial charge in [-0.05, 0) is 33.6 Å². The highest BCUT2D eigenvalue weighted by atomic mass is 16.6. The molecule has 1 amide bonds. The first-order valence-electron chi connectivity index (χ1n) is 7.19. The maximum Gasteiger partial charge on any atom is 0.408 e. The van der Waals surface area contributed by atoms with Gasteiger partial charge >= 0.3 is 6.09 Å². The van der Waals surface area contributed by atoms with Crippen molar-refractivity contribution in [3.63, 3.8) is 0 Å². The third-order valence-electron chi connectivity index (χ3n) is 2.69. The third kappa shape index (κ3) is 10.4. The first-order chi connectivity index (χ1) is 9.28. The summed E-state index contributed by atoms with van der Waals surface area (Å²) in [4.78, 5) is 22.6. The Morgan fingerprint density at radius 3 is 2.40 bits per heavy atom. The number of alkyl carbamates (subject to hydrolysis) is 1. The summed E-state index contributed by atoms with van der Waals surface area (Å²) >= 11 is 0. The van der Waals surface area contributed by atoms with Gasteiger partial charge in [0.15, 0.2) is 0 Å². The van der Waals surface area contributed by atoms with Gasteiger partial charge in [0, 0.05) is 12.8 Å². The van der Waals surface area contributed by atoms with Crippen molar-refractivity contribution in [1.82, 2.24) is 5.32 Å². The summed E-state index contributed by atoms with van der Waals surface area (Å²) in [5, 5.41) is 11.5. The number of nitrogens with one attached hydrogen (secondary N) is 1. The quantitative estimate of drug-likeness (QED) is 0.692. The summed E-state index contributed by atoms with van der Waals surface area (Å²) in [6.45, 7) is 7.19. The minimum Gasteiger partial charge on any atom is -0.444 e. The van der Waals surface area contributed by atoms with E-state index in [-0.39, 0.29) is 5.78 Å². The molecule has 0 radical (unpaired) electrons. The van der Waals surface area contributed by atoms with Crippen LogP contribution < -0.4 is 5.32 Å². The standard InChI is InChI=1S/C15H26N2O3/c1-5-13(18)10-8-6-7-9-12(11-16)17-14(19)20-15(2,3)4/h12H,5-10H2,1-4H3,(H,17,19)/t12-/m0/s1. The van der Waals surface area contributed by atoms with Crippen LogP contribution in [0.15, 0.2) is 0 Å². The lowest BCUT2D eigenvalue weighted by Crippen LogP contribution is -2.38. The summed E-state index contributed by atoms with van der Waals surface area (Å²) in [5.74, 6) is 0.272. The largest absolute Gasteiger partial charge is 0.444 e. The lowest BCUT2D eigenvalue weighted by atomic mass is 10.1. The number of rotatable bonds is 8. The third-order valence-corrected chi connectivity index (χ3v) is 2.69. The molecule has 0 saturated heterocycles. The Morgan fingerprint density at radius 2 is 1.90 bits per heavy atom. The second kappa shape index (κ2) is 9.35. The SMILES string of the molecule is CCC(=O)CCCCC[C@@H](C#N)NC(=O)OC(C)(C)C. The van der Waals surface area contributed by atoms with Gasteiger partial charge in [0.25, 0.3) is 0 Å². The van der Waals surface area contributed by atoms with E-state index in [9.17, 15) is 9.59 Å². The van der Waals surface area contributed by atoms with Gasteiger partial charge in [0.05, 0.1) is 6.07 Å². The second-order valence-corrected chi connectivity index (χ2v) is 5.82. The number of ketones is 1. The highest BCUT2D eigenvalue weighted by molar-refractivity contribution is 5.77. The molecule has 0 bridgehead atoms. The van der Waals surface area contributed by atoms with Crippen molar-refractivity contribution >= 4 is 11.9 Å². The van der Waals surface area contributed by atoms with Crippen LogP contribution in [0.25, 0.3) is 0 Å². The molecule has 0 rings (SSSR count). The van der Waals surface area contributed by atoms with E-state index in [0.717, 1.165) is 19.3 Å². The number of nitriles is 1. The molecular weight excluding hydrogens is 256 g/mol. The molecule has 0 aromatic carbocycles. The minimum absolute atomic E-state index is 0.272. The van der Waals surface area contributed by atoms with Crippen LogP contribution in [0.4, 0.5) is 4.79 Å². The summed E-state index contributed by atoms with van der Waals surface area (Å²) < 4.78 is 5.10. The fourth-order valence-corrected chi connectivity index (χ4v) is 1.64. The normalized spacial score (nSPS) is 12.3. The van der Waals surface area contributed by atoms with E-state index in [0.29, 0.717) is 19.3 Å². The zero-order chi connectivity index (χ0) is 15.6. The molecule has 0 heterocycles. The van der Waals surface area contributed by atoms with Gasteiger partial charge in [-0.1, -0.05) is 19.8 Å². The van der Waals surface area contributed by atoms with Crippen molar-refractivity contribution in [3.8, 4) is 6.07 Å². The van der Waals surface area contributed by atoms with Crippen LogP contribution in [0.3, 0.4) is 0 Å². The molecule has 5 nitrogen and oxygen atoms in total. The molecule has 0 aliphatic carbocycles. The number of carbonyl (C=O) groups is 2. The first kappa shape index (κ1) is 18.4. The first-order valence-corrected chi connectivity index (χ1v) is 7.19. The molecule has 20 heavy (non-hydrogen) atoms. The Balaban J connectivity index is 3.86. The Labute approximate surface area is 121 Å². The van der Waals surface area contributed by atoms with Gasteiger partial charge in [-0.15, -0.1) is 0 Å². The number of amides is 1. The van der Waals surface area contributed by atoms with E-state index in [4.69, 9.17) is 10.00 Å². The Hall–Kier alpha value is -1.57. The molecular formula is C15H26N2O3. The molecule has 0 saturated carbocycles. The van der Waals surface area contributed by atoms with Crippen molar-refractivity contribution in [2.24, 2.45) is 0 Å². The molecule has 0 aromatic heterocycles. The Kier molecular flexibility index (Phi) is 8.62. The van der Waals surface area contributed by atoms with Gasteiger partial charge in [0.2, 0.25) is 0 Å². The molecule has 1 atom stereocenters. The zero-order valence-corrected chi connectivity index (χ0v) is 13.0. The molecule has 0 aliphatic rings. The van der Waals surface area contributed by atoms with Gasteiger partial charge in [-0.2, -0.15) is 5.26 Å². The minimum atomic E-state index is -0.565. The van der Waals surface area contributed by atoms with Crippen molar-refractivity contribution in [1.29, 1.82) is 5.26 Å². The van der Waals surface area contributed by atoms with Crippen LogP contribution in [0, 0.1) is 11.3 Å². The molecule has 114 valence electrons. The molecule has 0 aliphatic heterocycles. The lowest BCUT2D eigenvalue weighted by Gasteiger charge is -2.21. The van der Waals surface area contributed by atoms with Crippen LogP contribution >= 0.6 is 0 Å². The number of Topliss-reactive ketones (excluding diaryl/α,β-unsaturated/α-hetero) is 1. The number of unbranched alkanes of at least 4 members (excludes halogenated alkanes) is 2. The fourth-order valence-electron chi connectivity index (χ4n) is 1.64. The monoisotopic (exact) mass is 282 g/mol. The fraction of sp³-hybridized carbons (Fsp3) is 0.800. The van der Waals surface area contributed by atoms with Crippen molar-refractivity contribution in [2.75, 3.05) is 0 Å². The summed E-state index contributed by atoms with van der Waals surface area (Å²) in [6, 6.07) is 1.52. The number of nitrogens with zero attached hydrogens (tertiary/aromatic N) is 1. The topological polar surface area (TPSA) is 79.2 Å². The van der Waals surface area contributed by atoms with Crippen LogP contribution in [0.5, 0.6) is 0 Å². The smallest absolute Gasteiger partial charge is 0.408 e. The molecule has 1 N–H and O–H groups in total. The van der Waals surface area contributed by atoms with E-state index in [1.807, 2.05) is 6.92 Å². The summed E-state index contributed by atoms with van der Waals surface area (Å²) in [7, 11) is 0. The van der Waals surface area contributed by atoms with Crippen LogP contribution in [-0.2, 0) is 9.53 Å². The number of hydrogen-bond donors (Lipinski definition) is 1. The molecule has 0 spiro atoms. The van der Waals surface area contributed by atoms with Crippen LogP contribution in [0.1, 0.15) is 66.2 Å². The maximum absolute atomic E-state index is 11.5. The average Bonchev–Trinajstić information content (AvgIpc) is 2.34. The molecule has 0 aromatic rings. The van der Waals surface area contributed by atoms with Crippen molar-refractivity contribution in [3.05, 3.63) is 0 Å². The van der Waals surface area contributed by atoms with Crippen molar-refractivity contribution in [2.45, 2.75) is 77.9 Å². The van der Waals surface area contributed by atoms with Gasteiger partial charge in [-0.3, -0.25) is 4.79 Å². The van der Waals surface area contributed by atoms with E-state index in [1.165, 1.54) is 0 Å². The summed E-state index contributed by atoms with van der Waals surface area (Å²) in [6.07, 6.45) is 3.75. The molecule has 0 unspecified atom stereocenters. The van der Waals surface area contributed by atoms with E-state index < -0.39 is 17.7 Å². The number of hydrogen-bond acceptors (Lipinski definition) is 4. The predicted octanol–water partition coefficient (Wildman–Crippen LogP) is 3.33. The van der Waals surface area contributed by atoms with Gasteiger partial charge in [-0.25, -0.2) is 4.79 Å². The van der Waals surface area contributed by atoms with Gasteiger partial charge in [0.1, 0.15) is 17.4 Å². The summed E-state index contributed by atoms with van der Waals surface area (Å²) in [5.41, 5.74) is -0.565. The highest BCUT2D eigenvalue weighted by Gasteiger charge is 2.18. The number of ether oxygens (including phenoxy) is 1. The van der Waals surface area contributed by atoms with Crippen molar-refractivity contribution < 1.29 is 14.3 Å².